The molecule has 5 nitrogen and oxygen atoms in total. The summed E-state index contributed by atoms with van der Waals surface area (Å²) in [6.45, 7) is 6.60. The van der Waals surface area contributed by atoms with E-state index in [1.807, 2.05) is 23.1 Å². The first-order chi connectivity index (χ1) is 13.2. The van der Waals surface area contributed by atoms with E-state index in [-0.39, 0.29) is 11.9 Å². The number of hydrogen-bond acceptors (Lipinski definition) is 3. The zero-order valence-corrected chi connectivity index (χ0v) is 16.1. The number of piperazine rings is 1. The maximum Gasteiger partial charge on any atom is 0.282 e. The maximum atomic E-state index is 13.0. The Morgan fingerprint density at radius 3 is 2.70 bits per heavy atom. The molecule has 0 aliphatic carbocycles. The molecule has 27 heavy (non-hydrogen) atoms. The van der Waals surface area contributed by atoms with Gasteiger partial charge < -0.3 is 19.4 Å². The van der Waals surface area contributed by atoms with Gasteiger partial charge in [-0.1, -0.05) is 24.3 Å². The van der Waals surface area contributed by atoms with Crippen LogP contribution in [0.3, 0.4) is 0 Å². The van der Waals surface area contributed by atoms with Gasteiger partial charge in [0.05, 0.1) is 33.3 Å². The Balaban J connectivity index is 1.36. The highest BCUT2D eigenvalue weighted by molar-refractivity contribution is 5.96. The third kappa shape index (κ3) is 3.65. The van der Waals surface area contributed by atoms with E-state index < -0.39 is 0 Å². The number of rotatable bonds is 4. The first-order valence-corrected chi connectivity index (χ1v) is 9.78. The van der Waals surface area contributed by atoms with Crippen molar-refractivity contribution in [3.8, 4) is 5.75 Å². The molecule has 4 rings (SSSR count). The molecule has 142 valence electrons. The number of ether oxygens (including phenoxy) is 1. The van der Waals surface area contributed by atoms with Gasteiger partial charge in [-0.3, -0.25) is 4.79 Å². The molecule has 1 amide bonds. The fourth-order valence-corrected chi connectivity index (χ4v) is 4.31. The van der Waals surface area contributed by atoms with Crippen molar-refractivity contribution >= 4 is 17.3 Å². The van der Waals surface area contributed by atoms with Gasteiger partial charge in [0.1, 0.15) is 5.75 Å². The first kappa shape index (κ1) is 17.9. The van der Waals surface area contributed by atoms with Crippen LogP contribution in [0.15, 0.2) is 48.5 Å². The van der Waals surface area contributed by atoms with E-state index in [0.717, 1.165) is 44.0 Å². The van der Waals surface area contributed by atoms with Crippen molar-refractivity contribution in [3.05, 3.63) is 54.1 Å². The molecule has 0 aromatic heterocycles. The highest BCUT2D eigenvalue weighted by Crippen LogP contribution is 2.31. The van der Waals surface area contributed by atoms with Gasteiger partial charge in [0, 0.05) is 23.5 Å². The largest absolute Gasteiger partial charge is 0.497 e. The lowest BCUT2D eigenvalue weighted by Gasteiger charge is -2.34. The molecule has 0 saturated carbocycles. The lowest BCUT2D eigenvalue weighted by atomic mass is 10.1. The second-order valence-corrected chi connectivity index (χ2v) is 7.56. The van der Waals surface area contributed by atoms with E-state index >= 15 is 0 Å². The third-order valence-electron chi connectivity index (χ3n) is 5.77. The SMILES string of the molecule is COc1cccc(N2CC[NH+](CC(=O)N3c4ccccc4C[C@@H]3C)CC2)c1. The van der Waals surface area contributed by atoms with Gasteiger partial charge in [-0.2, -0.15) is 0 Å². The van der Waals surface area contributed by atoms with Crippen molar-refractivity contribution in [2.75, 3.05) is 49.6 Å². The van der Waals surface area contributed by atoms with Crippen molar-refractivity contribution < 1.29 is 14.4 Å². The minimum Gasteiger partial charge on any atom is -0.497 e. The second-order valence-electron chi connectivity index (χ2n) is 7.56. The first-order valence-electron chi connectivity index (χ1n) is 9.78. The molecule has 1 atom stereocenters. The summed E-state index contributed by atoms with van der Waals surface area (Å²) in [6.07, 6.45) is 0.959. The highest BCUT2D eigenvalue weighted by Gasteiger charge is 2.33. The molecule has 1 saturated heterocycles. The van der Waals surface area contributed by atoms with Crippen LogP contribution in [0.2, 0.25) is 0 Å². The smallest absolute Gasteiger partial charge is 0.282 e. The van der Waals surface area contributed by atoms with Crippen LogP contribution in [0, 0.1) is 0 Å². The summed E-state index contributed by atoms with van der Waals surface area (Å²) in [5.41, 5.74) is 3.59. The average Bonchev–Trinajstić information content (AvgIpc) is 3.04. The quantitative estimate of drug-likeness (QED) is 0.888. The van der Waals surface area contributed by atoms with Gasteiger partial charge in [0.2, 0.25) is 0 Å². The number of nitrogens with one attached hydrogen (secondary N) is 1. The minimum absolute atomic E-state index is 0.247. The fraction of sp³-hybridized carbons (Fsp3) is 0.409. The Bertz CT molecular complexity index is 815. The fourth-order valence-electron chi connectivity index (χ4n) is 4.31. The summed E-state index contributed by atoms with van der Waals surface area (Å²) in [7, 11) is 1.70. The normalized spacial score (nSPS) is 19.9. The molecule has 2 aromatic carbocycles. The number of methoxy groups -OCH3 is 1. The predicted molar refractivity (Wildman–Crippen MR) is 108 cm³/mol. The van der Waals surface area contributed by atoms with E-state index in [9.17, 15) is 4.79 Å². The second kappa shape index (κ2) is 7.61. The van der Waals surface area contributed by atoms with E-state index in [4.69, 9.17) is 4.74 Å². The van der Waals surface area contributed by atoms with Crippen LogP contribution in [0.25, 0.3) is 0 Å². The topological polar surface area (TPSA) is 37.2 Å². The minimum atomic E-state index is 0.247. The lowest BCUT2D eigenvalue weighted by molar-refractivity contribution is -0.892. The number of carbonyl (C=O) groups is 1. The number of amides is 1. The van der Waals surface area contributed by atoms with Crippen LogP contribution in [0.5, 0.6) is 5.75 Å². The van der Waals surface area contributed by atoms with Gasteiger partial charge in [-0.25, -0.2) is 0 Å². The molecule has 2 aromatic rings. The molecule has 0 radical (unpaired) electrons. The van der Waals surface area contributed by atoms with E-state index in [2.05, 4.69) is 42.2 Å². The number of fused-ring (bicyclic) bond motifs is 1. The maximum absolute atomic E-state index is 13.0. The molecule has 1 N–H and O–H groups in total. The van der Waals surface area contributed by atoms with Gasteiger partial charge in [-0.05, 0) is 37.1 Å². The Morgan fingerprint density at radius 1 is 1.15 bits per heavy atom. The number of hydrogen-bond donors (Lipinski definition) is 1. The molecule has 1 fully saturated rings. The predicted octanol–water partition coefficient (Wildman–Crippen LogP) is 1.38. The van der Waals surface area contributed by atoms with Crippen LogP contribution < -0.4 is 19.4 Å². The molecule has 0 bridgehead atoms. The molecule has 0 unspecified atom stereocenters. The standard InChI is InChI=1S/C22H27N3O2/c1-17-14-18-6-3-4-9-21(18)25(17)22(26)16-23-10-12-24(13-11-23)19-7-5-8-20(15-19)27-2/h3-9,15,17H,10-14,16H2,1-2H3/p+1/t17-/m0/s1. The molecule has 2 aliphatic heterocycles. The Hall–Kier alpha value is -2.53. The van der Waals surface area contributed by atoms with Crippen molar-refractivity contribution in [2.24, 2.45) is 0 Å². The van der Waals surface area contributed by atoms with Gasteiger partial charge in [-0.15, -0.1) is 0 Å². The zero-order valence-electron chi connectivity index (χ0n) is 16.1. The monoisotopic (exact) mass is 366 g/mol. The number of nitrogens with zero attached hydrogens (tertiary/aromatic N) is 2. The molecule has 2 aliphatic rings. The number of benzene rings is 2. The van der Waals surface area contributed by atoms with Crippen molar-refractivity contribution in [2.45, 2.75) is 19.4 Å². The van der Waals surface area contributed by atoms with E-state index in [1.165, 1.54) is 16.2 Å². The Labute approximate surface area is 161 Å². The molecular formula is C22H28N3O2+. The van der Waals surface area contributed by atoms with Crippen molar-refractivity contribution in [1.29, 1.82) is 0 Å². The van der Waals surface area contributed by atoms with Gasteiger partial charge >= 0.3 is 0 Å². The number of anilines is 2. The summed E-state index contributed by atoms with van der Waals surface area (Å²) >= 11 is 0. The molecule has 0 spiro atoms. The Kier molecular flexibility index (Phi) is 5.03. The number of carbonyl (C=O) groups excluding carboxylic acids is 1. The van der Waals surface area contributed by atoms with Crippen LogP contribution in [-0.2, 0) is 11.2 Å². The summed E-state index contributed by atoms with van der Waals surface area (Å²) in [6, 6.07) is 16.8. The van der Waals surface area contributed by atoms with Crippen LogP contribution >= 0.6 is 0 Å². The summed E-state index contributed by atoms with van der Waals surface area (Å²) in [4.78, 5) is 18.8. The Morgan fingerprint density at radius 2 is 1.93 bits per heavy atom. The van der Waals surface area contributed by atoms with E-state index in [0.29, 0.717) is 6.54 Å². The molecular weight excluding hydrogens is 338 g/mol. The van der Waals surface area contributed by atoms with Crippen molar-refractivity contribution in [1.82, 2.24) is 0 Å². The molecule has 5 heteroatoms. The highest BCUT2D eigenvalue weighted by atomic mass is 16.5. The average molecular weight is 366 g/mol. The van der Waals surface area contributed by atoms with Gasteiger partial charge in [0.25, 0.3) is 5.91 Å². The zero-order chi connectivity index (χ0) is 18.8. The van der Waals surface area contributed by atoms with E-state index in [1.54, 1.807) is 7.11 Å². The summed E-state index contributed by atoms with van der Waals surface area (Å²) in [5.74, 6) is 1.14. The molecule has 2 heterocycles. The van der Waals surface area contributed by atoms with Gasteiger partial charge in [0.15, 0.2) is 6.54 Å². The lowest BCUT2D eigenvalue weighted by Crippen LogP contribution is -3.16. The van der Waals surface area contributed by atoms with Crippen LogP contribution in [-0.4, -0.2) is 51.8 Å². The summed E-state index contributed by atoms with van der Waals surface area (Å²) < 4.78 is 5.33. The number of quaternary nitrogens is 1. The number of para-hydroxylation sites is 1. The summed E-state index contributed by atoms with van der Waals surface area (Å²) in [5, 5.41) is 0. The third-order valence-corrected chi connectivity index (χ3v) is 5.77. The van der Waals surface area contributed by atoms with Crippen molar-refractivity contribution in [3.63, 3.8) is 0 Å². The van der Waals surface area contributed by atoms with Crippen LogP contribution in [0.4, 0.5) is 11.4 Å². The van der Waals surface area contributed by atoms with Crippen LogP contribution in [0.1, 0.15) is 12.5 Å².